The lowest BCUT2D eigenvalue weighted by atomic mass is 9.80. The van der Waals surface area contributed by atoms with Gasteiger partial charge in [0.2, 0.25) is 0 Å². The quantitative estimate of drug-likeness (QED) is 0.0152. The summed E-state index contributed by atoms with van der Waals surface area (Å²) in [7, 11) is -6.65. The fraction of sp³-hybridized carbons (Fsp3) is 0.510. The van der Waals surface area contributed by atoms with Crippen LogP contribution in [0.2, 0.25) is 12.1 Å². The molecule has 0 aromatic heterocycles. The van der Waals surface area contributed by atoms with E-state index in [0.717, 1.165) is 25.7 Å². The minimum Gasteiger partial charge on any atom is -0.488 e. The third kappa shape index (κ3) is 22.0. The van der Waals surface area contributed by atoms with Gasteiger partial charge in [-0.3, -0.25) is 29.0 Å². The Balaban J connectivity index is 1.27. The molecule has 0 unspecified atom stereocenters. The van der Waals surface area contributed by atoms with Crippen molar-refractivity contribution in [1.82, 2.24) is 9.80 Å². The van der Waals surface area contributed by atoms with Crippen LogP contribution in [0.25, 0.3) is 43.1 Å². The van der Waals surface area contributed by atoms with Gasteiger partial charge in [0.05, 0.1) is 22.3 Å². The van der Waals surface area contributed by atoms with Crippen molar-refractivity contribution < 1.29 is 83.6 Å². The molecule has 0 fully saturated rings. The SMILES string of the molecule is CCO[Si](CCCN1C(=O)c2cc(Oc3ccc(OC(C)(C)CC(C)(C)C)cc3)c3c4c(Oc5ccc(OC(C)(C)CC(C)(C)C)cc5)cc5c6c(cc(Oc7ccc(OC(C)(C)CC(C)(C)C)cc7)c(c7c(Oc8ccc(OC(C)(C)CC(C)(C)C)cc8)cc(c2c37)C1=O)c64)C(=O)N(CCC[Si](OCC)(OCC)OCC)C5=O)(OCC)OCC. The zero-order valence-corrected chi connectivity index (χ0v) is 78.1. The van der Waals surface area contributed by atoms with Crippen LogP contribution < -0.4 is 37.9 Å². The molecule has 0 aliphatic carbocycles. The highest BCUT2D eigenvalue weighted by molar-refractivity contribution is 6.61. The Hall–Kier alpha value is -8.85. The monoisotopic (exact) mass is 1680 g/mol. The second-order valence-electron chi connectivity index (χ2n) is 39.1. The van der Waals surface area contributed by atoms with E-state index in [1.807, 2.05) is 139 Å². The first kappa shape index (κ1) is 91.9. The molecular weight excluding hydrogens is 1550 g/mol. The molecule has 4 amide bonds. The Kier molecular flexibility index (Phi) is 27.5. The van der Waals surface area contributed by atoms with Crippen LogP contribution in [0.4, 0.5) is 0 Å². The summed E-state index contributed by atoms with van der Waals surface area (Å²) < 4.78 is 94.8. The number of hydrogen-bond donors (Lipinski definition) is 0. The van der Waals surface area contributed by atoms with Gasteiger partial charge in [-0.05, 0) is 278 Å². The third-order valence-electron chi connectivity index (χ3n) is 20.6. The van der Waals surface area contributed by atoms with E-state index in [9.17, 15) is 0 Å². The van der Waals surface area contributed by atoms with Crippen molar-refractivity contribution in [3.05, 3.63) is 144 Å². The highest BCUT2D eigenvalue weighted by Gasteiger charge is 2.46. The van der Waals surface area contributed by atoms with Gasteiger partial charge in [0.1, 0.15) is 91.4 Å². The molecule has 120 heavy (non-hydrogen) atoms. The number of rotatable bonds is 40. The molecule has 20 nitrogen and oxygen atoms in total. The highest BCUT2D eigenvalue weighted by atomic mass is 28.4. The number of benzene rings is 9. The fourth-order valence-corrected chi connectivity index (χ4v) is 23.8. The summed E-state index contributed by atoms with van der Waals surface area (Å²) in [5.41, 5.74) is -1.90. The van der Waals surface area contributed by atoms with Gasteiger partial charge in [-0.2, -0.15) is 0 Å². The molecule has 2 aliphatic rings. The molecule has 11 rings (SSSR count). The van der Waals surface area contributed by atoms with E-state index in [0.29, 0.717) is 130 Å². The molecule has 648 valence electrons. The first-order valence-corrected chi connectivity index (χ1v) is 46.8. The number of imide groups is 2. The zero-order chi connectivity index (χ0) is 87.7. The van der Waals surface area contributed by atoms with Crippen LogP contribution in [-0.2, 0) is 26.6 Å². The van der Waals surface area contributed by atoms with Crippen LogP contribution >= 0.6 is 0 Å². The van der Waals surface area contributed by atoms with Crippen molar-refractivity contribution in [2.45, 2.75) is 253 Å². The number of ether oxygens (including phenoxy) is 8. The van der Waals surface area contributed by atoms with Gasteiger partial charge in [-0.15, -0.1) is 0 Å². The molecule has 0 saturated heterocycles. The predicted molar refractivity (Wildman–Crippen MR) is 480 cm³/mol. The number of carbonyl (C=O) groups is 4. The van der Waals surface area contributed by atoms with E-state index < -0.39 is 63.6 Å². The molecule has 2 aliphatic heterocycles. The second-order valence-corrected chi connectivity index (χ2v) is 44.5. The molecule has 9 aromatic rings. The van der Waals surface area contributed by atoms with Gasteiger partial charge in [0.15, 0.2) is 0 Å². The molecule has 2 heterocycles. The maximum absolute atomic E-state index is 16.4. The normalized spacial score (nSPS) is 14.2. The van der Waals surface area contributed by atoms with Crippen LogP contribution in [0.1, 0.15) is 260 Å². The lowest BCUT2D eigenvalue weighted by molar-refractivity contribution is 0.0572. The molecule has 0 N–H and O–H groups in total. The number of fused-ring (bicyclic) bond motifs is 2. The molecule has 0 bridgehead atoms. The molecular formula is C98H130N2O18Si2. The van der Waals surface area contributed by atoms with Crippen molar-refractivity contribution in [3.8, 4) is 69.0 Å². The molecule has 0 atom stereocenters. The average molecular weight is 1680 g/mol. The van der Waals surface area contributed by atoms with Crippen LogP contribution in [0.15, 0.2) is 121 Å². The van der Waals surface area contributed by atoms with Gasteiger partial charge >= 0.3 is 17.6 Å². The number of hydrogen-bond acceptors (Lipinski definition) is 18. The van der Waals surface area contributed by atoms with E-state index in [2.05, 4.69) is 138 Å². The fourth-order valence-electron chi connectivity index (χ4n) is 18.6. The van der Waals surface area contributed by atoms with Crippen LogP contribution in [-0.4, -0.2) is 126 Å². The third-order valence-corrected chi connectivity index (χ3v) is 26.9. The first-order chi connectivity index (χ1) is 56.1. The smallest absolute Gasteiger partial charge is 0.488 e. The second kappa shape index (κ2) is 35.9. The van der Waals surface area contributed by atoms with Crippen molar-refractivity contribution >= 4 is 84.3 Å². The Morgan fingerprint density at radius 3 is 0.617 bits per heavy atom. The average Bonchev–Trinajstić information content (AvgIpc) is 0.671. The standard InChI is InChI=1S/C98H130N2O18Si2/c1-27-105-119(106-28-2,107-29-3)53-33-51-99-87(101)71-55-75(111-63-35-43-67(44-36-63)115-95(19,20)59-91(7,8)9)81-83-77(113-65-39-47-69(48-40-65)117-97(23,24)61-93(13,14)15)57-73-80-74(90(104)100(89(73)103)52-34-54-120(108-30-4,109-31-5)110-32-6)58-78(114-66-41-49-70(50-42-66)118-98(25,26)62-94(16,17)18)84(86(80)83)82-76(56-72(88(99)102)79(71)85(81)82)112-64-37-45-68(46-38-64)116-96(21,22)60-92(10,11)12/h35-50,55-58H,27-34,51-54,59-62H2,1-26H3. The van der Waals surface area contributed by atoms with Crippen molar-refractivity contribution in [3.63, 3.8) is 0 Å². The van der Waals surface area contributed by atoms with E-state index in [4.69, 9.17) is 64.5 Å². The molecule has 0 saturated carbocycles. The Morgan fingerprint density at radius 2 is 0.442 bits per heavy atom. The van der Waals surface area contributed by atoms with Gasteiger partial charge in [0, 0.05) is 108 Å². The molecule has 0 radical (unpaired) electrons. The summed E-state index contributed by atoms with van der Waals surface area (Å²) in [6, 6.07) is 36.7. The van der Waals surface area contributed by atoms with E-state index >= 15 is 19.2 Å². The van der Waals surface area contributed by atoms with Crippen LogP contribution in [0.5, 0.6) is 69.0 Å². The number of amides is 4. The van der Waals surface area contributed by atoms with Crippen molar-refractivity contribution in [1.29, 1.82) is 0 Å². The van der Waals surface area contributed by atoms with Gasteiger partial charge in [-0.25, -0.2) is 0 Å². The largest absolute Gasteiger partial charge is 0.500 e. The minimum absolute atomic E-state index is 0.0496. The van der Waals surface area contributed by atoms with Gasteiger partial charge in [0.25, 0.3) is 23.6 Å². The molecule has 0 spiro atoms. The van der Waals surface area contributed by atoms with Crippen molar-refractivity contribution in [2.24, 2.45) is 21.7 Å². The lowest BCUT2D eigenvalue weighted by Gasteiger charge is -2.34. The lowest BCUT2D eigenvalue weighted by Crippen LogP contribution is -2.47. The number of carbonyl (C=O) groups excluding carboxylic acids is 4. The summed E-state index contributed by atoms with van der Waals surface area (Å²) in [6.45, 7) is 55.9. The molecule has 9 aromatic carbocycles. The highest BCUT2D eigenvalue weighted by Crippen LogP contribution is 2.59. The van der Waals surface area contributed by atoms with Crippen molar-refractivity contribution in [2.75, 3.05) is 52.7 Å². The maximum atomic E-state index is 16.4. The summed E-state index contributed by atoms with van der Waals surface area (Å²) >= 11 is 0. The summed E-state index contributed by atoms with van der Waals surface area (Å²) in [6.07, 6.45) is 3.54. The summed E-state index contributed by atoms with van der Waals surface area (Å²) in [4.78, 5) is 68.0. The van der Waals surface area contributed by atoms with Gasteiger partial charge in [-0.1, -0.05) is 83.1 Å². The minimum atomic E-state index is -3.33. The molecule has 22 heteroatoms. The Morgan fingerprint density at radius 1 is 0.258 bits per heavy atom. The van der Waals surface area contributed by atoms with Crippen LogP contribution in [0.3, 0.4) is 0 Å². The topological polar surface area (TPSA) is 204 Å². The summed E-state index contributed by atoms with van der Waals surface area (Å²) in [5.74, 6) is 2.02. The first-order valence-electron chi connectivity index (χ1n) is 42.9. The van der Waals surface area contributed by atoms with Crippen LogP contribution in [0, 0.1) is 21.7 Å². The predicted octanol–water partition coefficient (Wildman–Crippen LogP) is 25.3. The summed E-state index contributed by atoms with van der Waals surface area (Å²) in [5, 5.41) is 2.62. The van der Waals surface area contributed by atoms with E-state index in [1.165, 1.54) is 9.80 Å². The zero-order valence-electron chi connectivity index (χ0n) is 76.1. The maximum Gasteiger partial charge on any atom is 0.500 e. The number of nitrogens with zero attached hydrogens (tertiary/aromatic N) is 2. The van der Waals surface area contributed by atoms with Gasteiger partial charge < -0.3 is 64.5 Å². The van der Waals surface area contributed by atoms with E-state index in [-0.39, 0.29) is 104 Å². The Labute approximate surface area is 713 Å². The Bertz CT molecular complexity index is 4510. The van der Waals surface area contributed by atoms with E-state index in [1.54, 1.807) is 24.3 Å².